The van der Waals surface area contributed by atoms with Crippen molar-refractivity contribution in [1.82, 2.24) is 14.8 Å². The Hall–Kier alpha value is -2.58. The summed E-state index contributed by atoms with van der Waals surface area (Å²) in [6, 6.07) is 11.4. The second-order valence-electron chi connectivity index (χ2n) is 5.71. The Morgan fingerprint density at radius 2 is 2.07 bits per heavy atom. The molecule has 0 bridgehead atoms. The molecule has 1 heterocycles. The molecule has 1 N–H and O–H groups in total. The number of hydrogen-bond acceptors (Lipinski definition) is 5. The molecule has 1 aromatic heterocycles. The topological polar surface area (TPSA) is 69.0 Å². The van der Waals surface area contributed by atoms with Crippen molar-refractivity contribution in [2.75, 3.05) is 18.2 Å². The molecule has 0 saturated heterocycles. The molecule has 0 saturated carbocycles. The highest BCUT2D eigenvalue weighted by Crippen LogP contribution is 2.29. The Labute approximate surface area is 171 Å². The molecular weight excluding hydrogens is 403 g/mol. The second kappa shape index (κ2) is 9.07. The van der Waals surface area contributed by atoms with Gasteiger partial charge in [-0.1, -0.05) is 35.5 Å². The van der Waals surface area contributed by atoms with E-state index in [-0.39, 0.29) is 17.5 Å². The minimum Gasteiger partial charge on any atom is -0.495 e. The summed E-state index contributed by atoms with van der Waals surface area (Å²) in [6.45, 7) is 2.46. The lowest BCUT2D eigenvalue weighted by atomic mass is 10.2. The number of rotatable bonds is 7. The monoisotopic (exact) mass is 420 g/mol. The second-order valence-corrected chi connectivity index (χ2v) is 7.09. The first kappa shape index (κ1) is 20.2. The smallest absolute Gasteiger partial charge is 0.234 e. The fourth-order valence-corrected chi connectivity index (χ4v) is 3.59. The zero-order valence-corrected chi connectivity index (χ0v) is 16.9. The van der Waals surface area contributed by atoms with Crippen LogP contribution in [-0.2, 0) is 11.3 Å². The maximum atomic E-state index is 14.1. The number of benzene rings is 2. The molecule has 1 amide bonds. The van der Waals surface area contributed by atoms with E-state index in [0.717, 1.165) is 0 Å². The molecule has 28 heavy (non-hydrogen) atoms. The molecule has 6 nitrogen and oxygen atoms in total. The molecule has 0 aliphatic heterocycles. The molecule has 0 aliphatic rings. The van der Waals surface area contributed by atoms with Crippen LogP contribution in [0.25, 0.3) is 11.4 Å². The Morgan fingerprint density at radius 1 is 1.29 bits per heavy atom. The fourth-order valence-electron chi connectivity index (χ4n) is 2.62. The zero-order chi connectivity index (χ0) is 20.1. The van der Waals surface area contributed by atoms with E-state index < -0.39 is 0 Å². The van der Waals surface area contributed by atoms with Crippen LogP contribution in [0, 0.1) is 5.82 Å². The molecule has 2 aromatic carbocycles. The van der Waals surface area contributed by atoms with Gasteiger partial charge in [0.25, 0.3) is 0 Å². The van der Waals surface area contributed by atoms with Gasteiger partial charge in [0.05, 0.1) is 24.1 Å². The van der Waals surface area contributed by atoms with Gasteiger partial charge in [-0.25, -0.2) is 4.39 Å². The third kappa shape index (κ3) is 4.45. The number of ether oxygens (including phenoxy) is 1. The number of anilines is 1. The molecule has 0 spiro atoms. The van der Waals surface area contributed by atoms with Crippen LogP contribution in [0.2, 0.25) is 5.02 Å². The number of hydrogen-bond donors (Lipinski definition) is 1. The first-order valence-electron chi connectivity index (χ1n) is 8.47. The van der Waals surface area contributed by atoms with Gasteiger partial charge in [-0.15, -0.1) is 10.2 Å². The van der Waals surface area contributed by atoms with E-state index in [0.29, 0.717) is 39.5 Å². The summed E-state index contributed by atoms with van der Waals surface area (Å²) in [4.78, 5) is 12.3. The Kier molecular flexibility index (Phi) is 6.53. The normalized spacial score (nSPS) is 10.7. The predicted molar refractivity (Wildman–Crippen MR) is 108 cm³/mol. The Morgan fingerprint density at radius 3 is 2.79 bits per heavy atom. The van der Waals surface area contributed by atoms with Crippen molar-refractivity contribution in [3.05, 3.63) is 53.3 Å². The number of methoxy groups -OCH3 is 1. The van der Waals surface area contributed by atoms with E-state index in [1.165, 1.54) is 24.9 Å². The predicted octanol–water partition coefficient (Wildman–Crippen LogP) is 4.50. The van der Waals surface area contributed by atoms with E-state index >= 15 is 0 Å². The molecule has 0 aliphatic carbocycles. The molecule has 0 fully saturated rings. The summed E-state index contributed by atoms with van der Waals surface area (Å²) < 4.78 is 21.1. The first-order valence-corrected chi connectivity index (χ1v) is 9.84. The van der Waals surface area contributed by atoms with Crippen LogP contribution in [-0.4, -0.2) is 33.5 Å². The maximum absolute atomic E-state index is 14.1. The third-order valence-electron chi connectivity index (χ3n) is 3.92. The van der Waals surface area contributed by atoms with Gasteiger partial charge in [-0.2, -0.15) is 0 Å². The van der Waals surface area contributed by atoms with E-state index in [1.54, 1.807) is 41.0 Å². The zero-order valence-electron chi connectivity index (χ0n) is 15.3. The average Bonchev–Trinajstić information content (AvgIpc) is 3.09. The fraction of sp³-hybridized carbons (Fsp3) is 0.211. The summed E-state index contributed by atoms with van der Waals surface area (Å²) in [5, 5.41) is 12.0. The van der Waals surface area contributed by atoms with Crippen LogP contribution >= 0.6 is 23.4 Å². The highest BCUT2D eigenvalue weighted by atomic mass is 35.5. The molecule has 9 heteroatoms. The van der Waals surface area contributed by atoms with Gasteiger partial charge in [0.2, 0.25) is 5.91 Å². The van der Waals surface area contributed by atoms with Gasteiger partial charge in [-0.3, -0.25) is 4.79 Å². The van der Waals surface area contributed by atoms with E-state index in [4.69, 9.17) is 16.3 Å². The largest absolute Gasteiger partial charge is 0.495 e. The van der Waals surface area contributed by atoms with Gasteiger partial charge >= 0.3 is 0 Å². The Balaban J connectivity index is 1.72. The lowest BCUT2D eigenvalue weighted by Crippen LogP contribution is -2.15. The SMILES string of the molecule is CCn1c(SCC(=O)Nc2cc(Cl)ccc2OC)nnc1-c1ccccc1F. The molecule has 3 aromatic rings. The average molecular weight is 421 g/mol. The lowest BCUT2D eigenvalue weighted by Gasteiger charge is -2.11. The van der Waals surface area contributed by atoms with Gasteiger partial charge in [0, 0.05) is 11.6 Å². The molecule has 146 valence electrons. The minimum absolute atomic E-state index is 0.102. The van der Waals surface area contributed by atoms with Gasteiger partial charge in [-0.05, 0) is 37.3 Å². The lowest BCUT2D eigenvalue weighted by molar-refractivity contribution is -0.113. The first-order chi connectivity index (χ1) is 13.5. The van der Waals surface area contributed by atoms with Crippen LogP contribution in [0.5, 0.6) is 5.75 Å². The molecule has 0 radical (unpaired) electrons. The van der Waals surface area contributed by atoms with Crippen LogP contribution in [0.15, 0.2) is 47.6 Å². The van der Waals surface area contributed by atoms with Crippen LogP contribution in [0.1, 0.15) is 6.92 Å². The van der Waals surface area contributed by atoms with Crippen LogP contribution in [0.4, 0.5) is 10.1 Å². The molecule has 0 atom stereocenters. The van der Waals surface area contributed by atoms with Crippen molar-refractivity contribution >= 4 is 35.0 Å². The number of thioether (sulfide) groups is 1. The molecule has 0 unspecified atom stereocenters. The molecular formula is C19H18ClFN4O2S. The van der Waals surface area contributed by atoms with Crippen LogP contribution in [0.3, 0.4) is 0 Å². The number of nitrogens with one attached hydrogen (secondary N) is 1. The quantitative estimate of drug-likeness (QED) is 0.570. The van der Waals surface area contributed by atoms with Gasteiger partial charge in [0.1, 0.15) is 11.6 Å². The highest BCUT2D eigenvalue weighted by molar-refractivity contribution is 7.99. The van der Waals surface area contributed by atoms with E-state index in [9.17, 15) is 9.18 Å². The van der Waals surface area contributed by atoms with Crippen molar-refractivity contribution in [2.45, 2.75) is 18.6 Å². The van der Waals surface area contributed by atoms with Crippen molar-refractivity contribution in [3.63, 3.8) is 0 Å². The number of carbonyl (C=O) groups is 1. The van der Waals surface area contributed by atoms with Crippen LogP contribution < -0.4 is 10.1 Å². The van der Waals surface area contributed by atoms with Crippen molar-refractivity contribution in [1.29, 1.82) is 0 Å². The van der Waals surface area contributed by atoms with Crippen molar-refractivity contribution in [3.8, 4) is 17.1 Å². The number of aromatic nitrogens is 3. The number of nitrogens with zero attached hydrogens (tertiary/aromatic N) is 3. The molecule has 3 rings (SSSR count). The number of halogens is 2. The van der Waals surface area contributed by atoms with Gasteiger partial charge < -0.3 is 14.6 Å². The highest BCUT2D eigenvalue weighted by Gasteiger charge is 2.17. The van der Waals surface area contributed by atoms with Gasteiger partial charge in [0.15, 0.2) is 11.0 Å². The summed E-state index contributed by atoms with van der Waals surface area (Å²) in [6.07, 6.45) is 0. The van der Waals surface area contributed by atoms with E-state index in [1.807, 2.05) is 6.92 Å². The van der Waals surface area contributed by atoms with Crippen molar-refractivity contribution in [2.24, 2.45) is 0 Å². The summed E-state index contributed by atoms with van der Waals surface area (Å²) in [5.41, 5.74) is 0.862. The number of carbonyl (C=O) groups excluding carboxylic acids is 1. The third-order valence-corrected chi connectivity index (χ3v) is 5.12. The van der Waals surface area contributed by atoms with E-state index in [2.05, 4.69) is 15.5 Å². The standard InChI is InChI=1S/C19H18ClFN4O2S/c1-3-25-18(13-6-4-5-7-14(13)21)23-24-19(25)28-11-17(26)22-15-10-12(20)8-9-16(15)27-2/h4-10H,3,11H2,1-2H3,(H,22,26). The Bertz CT molecular complexity index is 996. The summed E-state index contributed by atoms with van der Waals surface area (Å²) in [7, 11) is 1.52. The summed E-state index contributed by atoms with van der Waals surface area (Å²) >= 11 is 7.20. The summed E-state index contributed by atoms with van der Waals surface area (Å²) in [5.74, 6) is 0.433. The minimum atomic E-state index is -0.369. The number of amides is 1. The van der Waals surface area contributed by atoms with Crippen molar-refractivity contribution < 1.29 is 13.9 Å². The maximum Gasteiger partial charge on any atom is 0.234 e.